The van der Waals surface area contributed by atoms with E-state index in [1.807, 2.05) is 28.8 Å². The molecule has 1 amide bonds. The van der Waals surface area contributed by atoms with Gasteiger partial charge < -0.3 is 14.6 Å². The molecule has 0 aliphatic heterocycles. The van der Waals surface area contributed by atoms with E-state index in [4.69, 9.17) is 4.74 Å². The summed E-state index contributed by atoms with van der Waals surface area (Å²) >= 11 is 3.40. The highest BCUT2D eigenvalue weighted by Gasteiger charge is 2.13. The first-order valence-electron chi connectivity index (χ1n) is 7.78. The number of halogens is 1. The van der Waals surface area contributed by atoms with Gasteiger partial charge in [-0.1, -0.05) is 40.7 Å². The van der Waals surface area contributed by atoms with Crippen molar-refractivity contribution in [2.75, 3.05) is 7.11 Å². The number of carbonyl (C=O) groups is 1. The number of methoxy groups -OCH3 is 1. The molecule has 0 saturated heterocycles. The Bertz CT molecular complexity index is 933. The van der Waals surface area contributed by atoms with Crippen LogP contribution in [0, 0.1) is 0 Å². The van der Waals surface area contributed by atoms with Gasteiger partial charge in [-0.15, -0.1) is 0 Å². The first-order valence-corrected chi connectivity index (χ1v) is 8.57. The fourth-order valence-corrected chi connectivity index (χ4v) is 2.88. The van der Waals surface area contributed by atoms with Crippen LogP contribution < -0.4 is 10.1 Å². The summed E-state index contributed by atoms with van der Waals surface area (Å²) < 4.78 is 8.04. The fraction of sp³-hybridized carbons (Fsp3) is 0.158. The third-order valence-electron chi connectivity index (χ3n) is 3.80. The Balaban J connectivity index is 1.82. The second kappa shape index (κ2) is 7.53. The van der Waals surface area contributed by atoms with E-state index in [0.29, 0.717) is 24.4 Å². The minimum atomic E-state index is -0.171. The van der Waals surface area contributed by atoms with Gasteiger partial charge in [-0.3, -0.25) is 4.79 Å². The number of nitrogens with one attached hydrogen (secondary N) is 1. The Kier molecular flexibility index (Phi) is 5.19. The lowest BCUT2D eigenvalue weighted by molar-refractivity contribution is 0.0949. The van der Waals surface area contributed by atoms with Crippen LogP contribution in [-0.2, 0) is 13.1 Å². The molecular weight excluding hydrogens is 382 g/mol. The van der Waals surface area contributed by atoms with Crippen LogP contribution in [0.2, 0.25) is 0 Å². The molecular formula is C19H18BrN3O2. The van der Waals surface area contributed by atoms with E-state index >= 15 is 0 Å². The Labute approximate surface area is 154 Å². The molecule has 6 heteroatoms. The van der Waals surface area contributed by atoms with E-state index in [1.165, 1.54) is 0 Å². The van der Waals surface area contributed by atoms with E-state index in [-0.39, 0.29) is 5.91 Å². The van der Waals surface area contributed by atoms with Crippen molar-refractivity contribution in [1.29, 1.82) is 0 Å². The van der Waals surface area contributed by atoms with Crippen LogP contribution in [0.3, 0.4) is 0 Å². The van der Waals surface area contributed by atoms with Gasteiger partial charge >= 0.3 is 0 Å². The van der Waals surface area contributed by atoms with Gasteiger partial charge in [-0.2, -0.15) is 0 Å². The maximum Gasteiger partial charge on any atom is 0.251 e. The third kappa shape index (κ3) is 3.91. The quantitative estimate of drug-likeness (QED) is 0.683. The van der Waals surface area contributed by atoms with Gasteiger partial charge in [-0.05, 0) is 30.3 Å². The molecule has 0 fully saturated rings. The number of ether oxygens (including phenoxy) is 1. The number of hydrogen-bond donors (Lipinski definition) is 1. The lowest BCUT2D eigenvalue weighted by Crippen LogP contribution is -2.24. The van der Waals surface area contributed by atoms with E-state index in [0.717, 1.165) is 21.3 Å². The Morgan fingerprint density at radius 3 is 2.84 bits per heavy atom. The molecule has 0 unspecified atom stereocenters. The summed E-state index contributed by atoms with van der Waals surface area (Å²) in [5.41, 5.74) is 2.45. The molecule has 3 rings (SSSR count). The lowest BCUT2D eigenvalue weighted by atomic mass is 10.2. The summed E-state index contributed by atoms with van der Waals surface area (Å²) in [5.74, 6) is 1.25. The number of amides is 1. The van der Waals surface area contributed by atoms with Crippen LogP contribution in [0.1, 0.15) is 16.2 Å². The minimum Gasteiger partial charge on any atom is -0.497 e. The molecule has 1 N–H and O–H groups in total. The predicted octanol–water partition coefficient (Wildman–Crippen LogP) is 3.88. The molecule has 0 radical (unpaired) electrons. The molecule has 0 aliphatic rings. The summed E-state index contributed by atoms with van der Waals surface area (Å²) in [7, 11) is 1.58. The number of nitrogens with zero attached hydrogens (tertiary/aromatic N) is 2. The van der Waals surface area contributed by atoms with E-state index in [9.17, 15) is 4.79 Å². The molecule has 0 aliphatic carbocycles. The topological polar surface area (TPSA) is 56.2 Å². The van der Waals surface area contributed by atoms with Gasteiger partial charge in [0.2, 0.25) is 0 Å². The van der Waals surface area contributed by atoms with Crippen molar-refractivity contribution in [1.82, 2.24) is 14.9 Å². The van der Waals surface area contributed by atoms with Gasteiger partial charge in [0.25, 0.3) is 5.91 Å². The molecule has 1 aromatic heterocycles. The zero-order valence-corrected chi connectivity index (χ0v) is 15.4. The van der Waals surface area contributed by atoms with Crippen molar-refractivity contribution < 1.29 is 9.53 Å². The highest BCUT2D eigenvalue weighted by atomic mass is 79.9. The average Bonchev–Trinajstić information content (AvgIpc) is 2.97. The largest absolute Gasteiger partial charge is 0.497 e. The smallest absolute Gasteiger partial charge is 0.251 e. The van der Waals surface area contributed by atoms with Crippen LogP contribution in [0.4, 0.5) is 0 Å². The van der Waals surface area contributed by atoms with Crippen LogP contribution >= 0.6 is 15.9 Å². The van der Waals surface area contributed by atoms with Crippen molar-refractivity contribution in [3.8, 4) is 5.75 Å². The molecule has 0 atom stereocenters. The fourth-order valence-electron chi connectivity index (χ4n) is 2.63. The van der Waals surface area contributed by atoms with E-state index < -0.39 is 0 Å². The van der Waals surface area contributed by atoms with Crippen LogP contribution in [-0.4, -0.2) is 22.6 Å². The predicted molar refractivity (Wildman–Crippen MR) is 102 cm³/mol. The van der Waals surface area contributed by atoms with Gasteiger partial charge in [0.1, 0.15) is 11.6 Å². The minimum absolute atomic E-state index is 0.171. The van der Waals surface area contributed by atoms with Crippen LogP contribution in [0.25, 0.3) is 11.0 Å². The van der Waals surface area contributed by atoms with Crippen molar-refractivity contribution in [3.05, 3.63) is 71.0 Å². The Hall–Kier alpha value is -2.60. The second-order valence-electron chi connectivity index (χ2n) is 5.53. The van der Waals surface area contributed by atoms with Crippen molar-refractivity contribution in [2.45, 2.75) is 13.1 Å². The van der Waals surface area contributed by atoms with E-state index in [1.54, 1.807) is 31.4 Å². The van der Waals surface area contributed by atoms with Gasteiger partial charge in [0.05, 0.1) is 31.2 Å². The molecule has 5 nitrogen and oxygen atoms in total. The van der Waals surface area contributed by atoms with E-state index in [2.05, 4.69) is 32.8 Å². The molecule has 2 aromatic carbocycles. The SMILES string of the molecule is C=C(Br)Cn1c(CNC(=O)c2cccc(OC)c2)nc2ccccc21. The summed E-state index contributed by atoms with van der Waals surface area (Å²) in [5, 5.41) is 2.92. The number of imidazole rings is 1. The summed E-state index contributed by atoms with van der Waals surface area (Å²) in [6.45, 7) is 4.82. The normalized spacial score (nSPS) is 10.6. The molecule has 1 heterocycles. The molecule has 3 aromatic rings. The van der Waals surface area contributed by atoms with Crippen molar-refractivity contribution >= 4 is 32.9 Å². The third-order valence-corrected chi connectivity index (χ3v) is 4.05. The Morgan fingerprint density at radius 1 is 1.28 bits per heavy atom. The lowest BCUT2D eigenvalue weighted by Gasteiger charge is -2.10. The van der Waals surface area contributed by atoms with Gasteiger partial charge in [-0.25, -0.2) is 4.98 Å². The number of hydrogen-bond acceptors (Lipinski definition) is 3. The standard InChI is InChI=1S/C19H18BrN3O2/c1-13(20)12-23-17-9-4-3-8-16(17)22-18(23)11-21-19(24)14-6-5-7-15(10-14)25-2/h3-10H,1,11-12H2,2H3,(H,21,24). The average molecular weight is 400 g/mol. The number of benzene rings is 2. The number of rotatable bonds is 6. The number of para-hydroxylation sites is 2. The van der Waals surface area contributed by atoms with Gasteiger partial charge in [0, 0.05) is 10.0 Å². The Morgan fingerprint density at radius 2 is 2.08 bits per heavy atom. The zero-order chi connectivity index (χ0) is 17.8. The highest BCUT2D eigenvalue weighted by molar-refractivity contribution is 9.11. The molecule has 0 saturated carbocycles. The first-order chi connectivity index (χ1) is 12.1. The van der Waals surface area contributed by atoms with Crippen molar-refractivity contribution in [2.24, 2.45) is 0 Å². The number of carbonyl (C=O) groups excluding carboxylic acids is 1. The molecule has 25 heavy (non-hydrogen) atoms. The van der Waals surface area contributed by atoms with Gasteiger partial charge in [0.15, 0.2) is 0 Å². The second-order valence-corrected chi connectivity index (χ2v) is 6.66. The van der Waals surface area contributed by atoms with Crippen LogP contribution in [0.15, 0.2) is 59.6 Å². The molecule has 128 valence electrons. The summed E-state index contributed by atoms with van der Waals surface area (Å²) in [6.07, 6.45) is 0. The molecule has 0 spiro atoms. The maximum atomic E-state index is 12.4. The maximum absolute atomic E-state index is 12.4. The monoisotopic (exact) mass is 399 g/mol. The first kappa shape index (κ1) is 17.2. The number of aromatic nitrogens is 2. The van der Waals surface area contributed by atoms with Crippen LogP contribution in [0.5, 0.6) is 5.75 Å². The number of fused-ring (bicyclic) bond motifs is 1. The molecule has 0 bridgehead atoms. The number of allylic oxidation sites excluding steroid dienone is 1. The summed E-state index contributed by atoms with van der Waals surface area (Å²) in [6, 6.07) is 14.9. The zero-order valence-electron chi connectivity index (χ0n) is 13.8. The highest BCUT2D eigenvalue weighted by Crippen LogP contribution is 2.19. The summed E-state index contributed by atoms with van der Waals surface area (Å²) in [4.78, 5) is 17.0. The van der Waals surface area contributed by atoms with Crippen molar-refractivity contribution in [3.63, 3.8) is 0 Å².